The number of aliphatic hydroxyl groups is 1. The molecule has 5 heteroatoms. The van der Waals surface area contributed by atoms with Crippen LogP contribution >= 0.6 is 0 Å². The van der Waals surface area contributed by atoms with Crippen molar-refractivity contribution in [1.29, 1.82) is 0 Å². The van der Waals surface area contributed by atoms with Crippen molar-refractivity contribution < 1.29 is 23.8 Å². The van der Waals surface area contributed by atoms with Crippen LogP contribution < -0.4 is 0 Å². The fraction of sp³-hybridized carbons (Fsp3) is 0.300. The first-order valence-electron chi connectivity index (χ1n) is 4.23. The Hall–Kier alpha value is -1.49. The number of carbonyl (C=O) groups is 1. The van der Waals surface area contributed by atoms with E-state index in [9.17, 15) is 18.7 Å². The van der Waals surface area contributed by atoms with Crippen LogP contribution in [0.5, 0.6) is 0 Å². The topological polar surface area (TPSA) is 57.5 Å². The molecule has 0 spiro atoms. The summed E-state index contributed by atoms with van der Waals surface area (Å²) in [5.41, 5.74) is -0.0808. The zero-order valence-electron chi connectivity index (χ0n) is 7.95. The SMILES string of the molecule is Cc1ccc(C(F)F)c(C(O)C(=O)O)c1. The average Bonchev–Trinajstić information content (AvgIpc) is 2.15. The van der Waals surface area contributed by atoms with Crippen LogP contribution in [0, 0.1) is 6.92 Å². The van der Waals surface area contributed by atoms with Gasteiger partial charge in [-0.15, -0.1) is 0 Å². The van der Waals surface area contributed by atoms with Crippen molar-refractivity contribution in [2.24, 2.45) is 0 Å². The smallest absolute Gasteiger partial charge is 0.337 e. The second-order valence-electron chi connectivity index (χ2n) is 3.17. The highest BCUT2D eigenvalue weighted by atomic mass is 19.3. The van der Waals surface area contributed by atoms with Crippen molar-refractivity contribution >= 4 is 5.97 Å². The van der Waals surface area contributed by atoms with Crippen LogP contribution in [-0.2, 0) is 4.79 Å². The molecule has 15 heavy (non-hydrogen) atoms. The molecule has 82 valence electrons. The number of halogens is 2. The molecule has 0 saturated carbocycles. The molecule has 0 heterocycles. The summed E-state index contributed by atoms with van der Waals surface area (Å²) in [6, 6.07) is 3.82. The normalized spacial score (nSPS) is 12.9. The molecule has 0 aliphatic heterocycles. The van der Waals surface area contributed by atoms with E-state index in [4.69, 9.17) is 5.11 Å². The third kappa shape index (κ3) is 2.50. The molecule has 0 radical (unpaired) electrons. The summed E-state index contributed by atoms with van der Waals surface area (Å²) < 4.78 is 25.0. The van der Waals surface area contributed by atoms with Gasteiger partial charge in [0.15, 0.2) is 6.10 Å². The third-order valence-corrected chi connectivity index (χ3v) is 2.01. The van der Waals surface area contributed by atoms with Gasteiger partial charge in [0.1, 0.15) is 0 Å². The molecule has 0 aliphatic carbocycles. The van der Waals surface area contributed by atoms with Crippen LogP contribution in [0.4, 0.5) is 8.78 Å². The number of hydrogen-bond acceptors (Lipinski definition) is 2. The maximum absolute atomic E-state index is 12.5. The molecular formula is C10H10F2O3. The molecule has 0 saturated heterocycles. The van der Waals surface area contributed by atoms with Gasteiger partial charge >= 0.3 is 5.97 Å². The fourth-order valence-electron chi connectivity index (χ4n) is 1.26. The van der Waals surface area contributed by atoms with E-state index in [0.29, 0.717) is 5.56 Å². The molecule has 1 unspecified atom stereocenters. The Kier molecular flexibility index (Phi) is 3.36. The van der Waals surface area contributed by atoms with E-state index in [1.807, 2.05) is 0 Å². The van der Waals surface area contributed by atoms with Gasteiger partial charge in [-0.05, 0) is 6.92 Å². The van der Waals surface area contributed by atoms with Crippen LogP contribution in [0.25, 0.3) is 0 Å². The number of alkyl halides is 2. The van der Waals surface area contributed by atoms with E-state index in [2.05, 4.69) is 0 Å². The van der Waals surface area contributed by atoms with Crippen molar-refractivity contribution in [2.45, 2.75) is 19.5 Å². The predicted octanol–water partition coefficient (Wildman–Crippen LogP) is 2.05. The minimum absolute atomic E-state index is 0.252. The van der Waals surface area contributed by atoms with Crippen LogP contribution in [0.15, 0.2) is 18.2 Å². The third-order valence-electron chi connectivity index (χ3n) is 2.01. The molecule has 0 fully saturated rings. The summed E-state index contributed by atoms with van der Waals surface area (Å²) in [5, 5.41) is 17.8. The van der Waals surface area contributed by atoms with E-state index < -0.39 is 24.1 Å². The van der Waals surface area contributed by atoms with Gasteiger partial charge in [-0.2, -0.15) is 0 Å². The molecule has 0 amide bonds. The number of carboxylic acids is 1. The Morgan fingerprint density at radius 3 is 2.40 bits per heavy atom. The zero-order chi connectivity index (χ0) is 11.6. The Balaban J connectivity index is 3.24. The van der Waals surface area contributed by atoms with Gasteiger partial charge in [-0.3, -0.25) is 0 Å². The molecule has 1 aromatic rings. The second kappa shape index (κ2) is 4.35. The van der Waals surface area contributed by atoms with E-state index >= 15 is 0 Å². The van der Waals surface area contributed by atoms with Crippen molar-refractivity contribution in [3.63, 3.8) is 0 Å². The molecule has 1 rings (SSSR count). The minimum Gasteiger partial charge on any atom is -0.479 e. The lowest BCUT2D eigenvalue weighted by Crippen LogP contribution is -2.13. The maximum Gasteiger partial charge on any atom is 0.337 e. The van der Waals surface area contributed by atoms with Gasteiger partial charge in [0.25, 0.3) is 6.43 Å². The summed E-state index contributed by atoms with van der Waals surface area (Å²) in [7, 11) is 0. The Labute approximate surface area is 85.0 Å². The van der Waals surface area contributed by atoms with E-state index in [1.54, 1.807) is 6.92 Å². The van der Waals surface area contributed by atoms with Crippen molar-refractivity contribution in [1.82, 2.24) is 0 Å². The van der Waals surface area contributed by atoms with Crippen LogP contribution in [0.1, 0.15) is 29.2 Å². The molecule has 0 aliphatic rings. The monoisotopic (exact) mass is 216 g/mol. The second-order valence-corrected chi connectivity index (χ2v) is 3.17. The summed E-state index contributed by atoms with van der Waals surface area (Å²) in [6.45, 7) is 1.63. The van der Waals surface area contributed by atoms with Crippen LogP contribution in [0.3, 0.4) is 0 Å². The van der Waals surface area contributed by atoms with Gasteiger partial charge in [-0.1, -0.05) is 23.8 Å². The van der Waals surface area contributed by atoms with E-state index in [0.717, 1.165) is 6.07 Å². The maximum atomic E-state index is 12.5. The number of hydrogen-bond donors (Lipinski definition) is 2. The van der Waals surface area contributed by atoms with E-state index in [-0.39, 0.29) is 5.56 Å². The summed E-state index contributed by atoms with van der Waals surface area (Å²) in [5.74, 6) is -1.54. The highest BCUT2D eigenvalue weighted by Crippen LogP contribution is 2.28. The first-order valence-corrected chi connectivity index (χ1v) is 4.23. The van der Waals surface area contributed by atoms with Gasteiger partial charge in [0.05, 0.1) is 0 Å². The zero-order valence-corrected chi connectivity index (χ0v) is 7.95. The van der Waals surface area contributed by atoms with Gasteiger partial charge in [-0.25, -0.2) is 13.6 Å². The highest BCUT2D eigenvalue weighted by Gasteiger charge is 2.23. The van der Waals surface area contributed by atoms with Crippen molar-refractivity contribution in [2.75, 3.05) is 0 Å². The lowest BCUT2D eigenvalue weighted by Gasteiger charge is -2.12. The molecule has 0 bridgehead atoms. The average molecular weight is 216 g/mol. The van der Waals surface area contributed by atoms with Crippen LogP contribution in [0.2, 0.25) is 0 Å². The van der Waals surface area contributed by atoms with Crippen LogP contribution in [-0.4, -0.2) is 16.2 Å². The van der Waals surface area contributed by atoms with Gasteiger partial charge in [0, 0.05) is 11.1 Å². The summed E-state index contributed by atoms with van der Waals surface area (Å²) in [4.78, 5) is 10.5. The number of aliphatic carboxylic acids is 1. The molecular weight excluding hydrogens is 206 g/mol. The lowest BCUT2D eigenvalue weighted by atomic mass is 10.00. The predicted molar refractivity (Wildman–Crippen MR) is 48.7 cm³/mol. The first kappa shape index (κ1) is 11.6. The Bertz CT molecular complexity index is 377. The lowest BCUT2D eigenvalue weighted by molar-refractivity contribution is -0.147. The first-order chi connectivity index (χ1) is 6.93. The Morgan fingerprint density at radius 1 is 1.33 bits per heavy atom. The van der Waals surface area contributed by atoms with Crippen molar-refractivity contribution in [3.8, 4) is 0 Å². The molecule has 2 N–H and O–H groups in total. The Morgan fingerprint density at radius 2 is 1.93 bits per heavy atom. The minimum atomic E-state index is -2.80. The summed E-state index contributed by atoms with van der Waals surface area (Å²) in [6.07, 6.45) is -4.71. The number of aliphatic hydroxyl groups excluding tert-OH is 1. The fourth-order valence-corrected chi connectivity index (χ4v) is 1.26. The highest BCUT2D eigenvalue weighted by molar-refractivity contribution is 5.74. The summed E-state index contributed by atoms with van der Waals surface area (Å²) >= 11 is 0. The largest absolute Gasteiger partial charge is 0.479 e. The van der Waals surface area contributed by atoms with Crippen molar-refractivity contribution in [3.05, 3.63) is 34.9 Å². The molecule has 0 aromatic heterocycles. The quantitative estimate of drug-likeness (QED) is 0.812. The number of rotatable bonds is 3. The van der Waals surface area contributed by atoms with E-state index in [1.165, 1.54) is 12.1 Å². The number of aryl methyl sites for hydroxylation is 1. The van der Waals surface area contributed by atoms with Gasteiger partial charge in [0.2, 0.25) is 0 Å². The molecule has 1 atom stereocenters. The number of benzene rings is 1. The standard InChI is InChI=1S/C10H10F2O3/c1-5-2-3-6(9(11)12)7(4-5)8(13)10(14)15/h2-4,8-9,13H,1H3,(H,14,15). The van der Waals surface area contributed by atoms with Gasteiger partial charge < -0.3 is 10.2 Å². The molecule has 1 aromatic carbocycles. The number of carboxylic acid groups (broad SMARTS) is 1. The molecule has 3 nitrogen and oxygen atoms in total.